The summed E-state index contributed by atoms with van der Waals surface area (Å²) in [6.07, 6.45) is 2.48. The molecule has 6 heteroatoms. The lowest BCUT2D eigenvalue weighted by Crippen LogP contribution is -2.44. The van der Waals surface area contributed by atoms with Crippen LogP contribution in [0, 0.1) is 24.5 Å². The number of phenols is 1. The SMILES string of the molecule is Cc1ccc(O)c(NCCCN2CCC(C(O)(c3ccc(F)cc3)c3ccc(F)cc3)CC2)c1. The van der Waals surface area contributed by atoms with E-state index in [1.54, 1.807) is 30.3 Å². The van der Waals surface area contributed by atoms with Gasteiger partial charge < -0.3 is 20.4 Å². The molecule has 1 aliphatic rings. The second-order valence-electron chi connectivity index (χ2n) is 9.20. The van der Waals surface area contributed by atoms with E-state index in [9.17, 15) is 19.0 Å². The van der Waals surface area contributed by atoms with Gasteiger partial charge in [0.1, 0.15) is 23.0 Å². The van der Waals surface area contributed by atoms with Crippen molar-refractivity contribution >= 4 is 5.69 Å². The standard InChI is InChI=1S/C28H32F2N2O2/c1-20-3-12-27(33)26(19-20)31-15-2-16-32-17-13-23(14-18-32)28(34,21-4-8-24(29)9-5-21)22-6-10-25(30)11-7-22/h3-12,19,23,31,33-34H,2,13-18H2,1H3. The third kappa shape index (κ3) is 5.40. The monoisotopic (exact) mass is 466 g/mol. The number of benzene rings is 3. The van der Waals surface area contributed by atoms with Crippen molar-refractivity contribution in [3.8, 4) is 5.75 Å². The lowest BCUT2D eigenvalue weighted by atomic mass is 9.72. The highest BCUT2D eigenvalue weighted by Crippen LogP contribution is 2.42. The third-order valence-electron chi connectivity index (χ3n) is 6.87. The summed E-state index contributed by atoms with van der Waals surface area (Å²) in [4.78, 5) is 2.38. The fraction of sp³-hybridized carbons (Fsp3) is 0.357. The molecule has 34 heavy (non-hydrogen) atoms. The number of hydrogen-bond acceptors (Lipinski definition) is 4. The predicted octanol–water partition coefficient (Wildman–Crippen LogP) is 5.43. The minimum Gasteiger partial charge on any atom is -0.506 e. The number of aromatic hydroxyl groups is 1. The van der Waals surface area contributed by atoms with E-state index >= 15 is 0 Å². The minimum atomic E-state index is -1.31. The molecule has 3 aromatic rings. The Bertz CT molecular complexity index is 1030. The van der Waals surface area contributed by atoms with E-state index in [2.05, 4.69) is 10.2 Å². The van der Waals surface area contributed by atoms with Gasteiger partial charge in [0.2, 0.25) is 0 Å². The van der Waals surface area contributed by atoms with Crippen LogP contribution in [0.2, 0.25) is 0 Å². The van der Waals surface area contributed by atoms with Crippen LogP contribution in [-0.4, -0.2) is 41.3 Å². The quantitative estimate of drug-likeness (QED) is 0.306. The molecule has 0 aliphatic carbocycles. The van der Waals surface area contributed by atoms with Gasteiger partial charge in [-0.25, -0.2) is 8.78 Å². The number of hydrogen-bond donors (Lipinski definition) is 3. The van der Waals surface area contributed by atoms with Gasteiger partial charge in [0.25, 0.3) is 0 Å². The average Bonchev–Trinajstić information content (AvgIpc) is 2.84. The Morgan fingerprint density at radius 1 is 0.912 bits per heavy atom. The van der Waals surface area contributed by atoms with E-state index in [4.69, 9.17) is 0 Å². The van der Waals surface area contributed by atoms with Crippen LogP contribution in [0.4, 0.5) is 14.5 Å². The van der Waals surface area contributed by atoms with Crippen LogP contribution < -0.4 is 5.32 Å². The molecule has 0 amide bonds. The molecule has 180 valence electrons. The molecule has 0 radical (unpaired) electrons. The van der Waals surface area contributed by atoms with Gasteiger partial charge in [0, 0.05) is 6.54 Å². The van der Waals surface area contributed by atoms with Gasteiger partial charge >= 0.3 is 0 Å². The minimum absolute atomic E-state index is 0.0676. The molecule has 0 atom stereocenters. The number of aryl methyl sites for hydroxylation is 1. The molecule has 0 unspecified atom stereocenters. The Morgan fingerprint density at radius 2 is 1.47 bits per heavy atom. The van der Waals surface area contributed by atoms with Crippen LogP contribution in [0.3, 0.4) is 0 Å². The van der Waals surface area contributed by atoms with Crippen molar-refractivity contribution in [1.82, 2.24) is 4.90 Å². The molecule has 3 N–H and O–H groups in total. The van der Waals surface area contributed by atoms with E-state index in [-0.39, 0.29) is 23.3 Å². The normalized spacial score (nSPS) is 15.4. The van der Waals surface area contributed by atoms with Crippen LogP contribution in [-0.2, 0) is 5.60 Å². The number of phenolic OH excluding ortho intramolecular Hbond substituents is 1. The van der Waals surface area contributed by atoms with Crippen molar-refractivity contribution in [3.05, 3.63) is 95.1 Å². The summed E-state index contributed by atoms with van der Waals surface area (Å²) < 4.78 is 27.1. The number of rotatable bonds is 8. The lowest BCUT2D eigenvalue weighted by molar-refractivity contribution is -0.0142. The summed E-state index contributed by atoms with van der Waals surface area (Å²) >= 11 is 0. The van der Waals surface area contributed by atoms with E-state index in [0.29, 0.717) is 11.1 Å². The zero-order chi connectivity index (χ0) is 24.1. The summed E-state index contributed by atoms with van der Waals surface area (Å²) in [5.41, 5.74) is 1.79. The number of nitrogens with zero attached hydrogens (tertiary/aromatic N) is 1. The smallest absolute Gasteiger partial charge is 0.138 e. The fourth-order valence-electron chi connectivity index (χ4n) is 4.94. The highest BCUT2D eigenvalue weighted by Gasteiger charge is 2.41. The zero-order valence-corrected chi connectivity index (χ0v) is 19.5. The lowest BCUT2D eigenvalue weighted by Gasteiger charge is -2.42. The summed E-state index contributed by atoms with van der Waals surface area (Å²) in [7, 11) is 0. The first-order chi connectivity index (χ1) is 16.4. The van der Waals surface area contributed by atoms with Crippen LogP contribution in [0.1, 0.15) is 36.0 Å². The number of anilines is 1. The molecule has 4 rings (SSSR count). The maximum absolute atomic E-state index is 13.6. The van der Waals surface area contributed by atoms with Gasteiger partial charge in [-0.05, 0) is 105 Å². The number of piperidine rings is 1. The molecule has 0 aromatic heterocycles. The maximum atomic E-state index is 13.6. The molecule has 1 fully saturated rings. The molecule has 1 saturated heterocycles. The van der Waals surface area contributed by atoms with Gasteiger partial charge in [-0.3, -0.25) is 0 Å². The molecular formula is C28H32F2N2O2. The van der Waals surface area contributed by atoms with Crippen molar-refractivity contribution in [3.63, 3.8) is 0 Å². The van der Waals surface area contributed by atoms with Crippen LogP contribution in [0.15, 0.2) is 66.7 Å². The summed E-state index contributed by atoms with van der Waals surface area (Å²) in [5, 5.41) is 25.2. The number of likely N-dealkylation sites (tertiary alicyclic amines) is 1. The second-order valence-corrected chi connectivity index (χ2v) is 9.20. The van der Waals surface area contributed by atoms with Crippen molar-refractivity contribution in [2.24, 2.45) is 5.92 Å². The van der Waals surface area contributed by atoms with Crippen molar-refractivity contribution in [2.45, 2.75) is 31.8 Å². The van der Waals surface area contributed by atoms with E-state index in [0.717, 1.165) is 56.7 Å². The van der Waals surface area contributed by atoms with Gasteiger partial charge in [0.15, 0.2) is 0 Å². The first kappa shape index (κ1) is 24.2. The largest absolute Gasteiger partial charge is 0.506 e. The van der Waals surface area contributed by atoms with Gasteiger partial charge in [-0.15, -0.1) is 0 Å². The molecule has 1 aliphatic heterocycles. The van der Waals surface area contributed by atoms with Crippen molar-refractivity contribution in [1.29, 1.82) is 0 Å². The topological polar surface area (TPSA) is 55.7 Å². The Balaban J connectivity index is 1.37. The number of nitrogens with one attached hydrogen (secondary N) is 1. The average molecular weight is 467 g/mol. The van der Waals surface area contributed by atoms with Crippen molar-refractivity contribution in [2.75, 3.05) is 31.5 Å². The van der Waals surface area contributed by atoms with Crippen molar-refractivity contribution < 1.29 is 19.0 Å². The van der Waals surface area contributed by atoms with Gasteiger partial charge in [-0.2, -0.15) is 0 Å². The Labute approximate surface area is 199 Å². The Morgan fingerprint density at radius 3 is 2.03 bits per heavy atom. The zero-order valence-electron chi connectivity index (χ0n) is 19.5. The molecule has 0 bridgehead atoms. The van der Waals surface area contributed by atoms with E-state index in [1.807, 2.05) is 19.1 Å². The number of halogens is 2. The highest BCUT2D eigenvalue weighted by atomic mass is 19.1. The van der Waals surface area contributed by atoms with Crippen LogP contribution >= 0.6 is 0 Å². The first-order valence-corrected chi connectivity index (χ1v) is 11.9. The molecule has 3 aromatic carbocycles. The predicted molar refractivity (Wildman–Crippen MR) is 131 cm³/mol. The summed E-state index contributed by atoms with van der Waals surface area (Å²) in [5.74, 6) is -0.519. The van der Waals surface area contributed by atoms with Crippen LogP contribution in [0.5, 0.6) is 5.75 Å². The van der Waals surface area contributed by atoms with E-state index < -0.39 is 5.60 Å². The third-order valence-corrected chi connectivity index (χ3v) is 6.87. The first-order valence-electron chi connectivity index (χ1n) is 11.9. The van der Waals surface area contributed by atoms with Gasteiger partial charge in [-0.1, -0.05) is 30.3 Å². The molecule has 0 spiro atoms. The van der Waals surface area contributed by atoms with Gasteiger partial charge in [0.05, 0.1) is 5.69 Å². The van der Waals surface area contributed by atoms with E-state index in [1.165, 1.54) is 24.3 Å². The molecule has 4 nitrogen and oxygen atoms in total. The summed E-state index contributed by atoms with van der Waals surface area (Å²) in [6, 6.07) is 17.4. The van der Waals surface area contributed by atoms with Crippen LogP contribution in [0.25, 0.3) is 0 Å². The number of aliphatic hydroxyl groups is 1. The summed E-state index contributed by atoms with van der Waals surface area (Å²) in [6.45, 7) is 5.34. The molecule has 1 heterocycles. The fourth-order valence-corrected chi connectivity index (χ4v) is 4.94. The molecular weight excluding hydrogens is 434 g/mol. The Hall–Kier alpha value is -2.96. The second kappa shape index (κ2) is 10.5. The highest BCUT2D eigenvalue weighted by molar-refractivity contribution is 5.57. The Kier molecular flexibility index (Phi) is 7.49. The maximum Gasteiger partial charge on any atom is 0.138 e. The molecule has 0 saturated carbocycles.